The van der Waals surface area contributed by atoms with Crippen LogP contribution in [0.15, 0.2) is 18.2 Å². The van der Waals surface area contributed by atoms with Gasteiger partial charge in [0.05, 0.1) is 16.7 Å². The van der Waals surface area contributed by atoms with E-state index in [4.69, 9.17) is 21.6 Å². The predicted molar refractivity (Wildman–Crippen MR) is 67.2 cm³/mol. The number of benzene rings is 1. The first-order valence-electron chi connectivity index (χ1n) is 5.62. The largest absolute Gasteiger partial charge is 0.488 e. The third kappa shape index (κ3) is 3.92. The summed E-state index contributed by atoms with van der Waals surface area (Å²) < 4.78 is 5.65. The van der Waals surface area contributed by atoms with Gasteiger partial charge in [-0.15, -0.1) is 0 Å². The minimum absolute atomic E-state index is 0.246. The molecule has 92 valence electrons. The highest BCUT2D eigenvalue weighted by molar-refractivity contribution is 6.31. The zero-order valence-electron chi connectivity index (χ0n) is 9.98. The van der Waals surface area contributed by atoms with Gasteiger partial charge in [0.25, 0.3) is 0 Å². The molecule has 0 radical (unpaired) electrons. The molecule has 1 rings (SSSR count). The summed E-state index contributed by atoms with van der Waals surface area (Å²) >= 11 is 5.90. The Morgan fingerprint density at radius 3 is 2.71 bits per heavy atom. The maximum absolute atomic E-state index is 9.56. The number of nitrogens with zero attached hydrogens (tertiary/aromatic N) is 1. The first-order valence-corrected chi connectivity index (χ1v) is 6.00. The van der Waals surface area contributed by atoms with Gasteiger partial charge >= 0.3 is 0 Å². The maximum Gasteiger partial charge on any atom is 0.124 e. The van der Waals surface area contributed by atoms with Crippen LogP contribution < -0.4 is 4.74 Å². The molecule has 1 aromatic carbocycles. The highest BCUT2D eigenvalue weighted by Gasteiger charge is 2.16. The van der Waals surface area contributed by atoms with E-state index in [2.05, 4.69) is 0 Å². The van der Waals surface area contributed by atoms with E-state index in [0.717, 1.165) is 12.8 Å². The van der Waals surface area contributed by atoms with Gasteiger partial charge in [0.2, 0.25) is 0 Å². The molecule has 2 atom stereocenters. The number of nitriles is 1. The van der Waals surface area contributed by atoms with Crippen molar-refractivity contribution in [2.45, 2.75) is 38.9 Å². The number of hydrogen-bond acceptors (Lipinski definition) is 3. The van der Waals surface area contributed by atoms with E-state index in [1.165, 1.54) is 0 Å². The molecule has 1 aromatic rings. The summed E-state index contributed by atoms with van der Waals surface area (Å²) in [7, 11) is 0. The van der Waals surface area contributed by atoms with Gasteiger partial charge in [0, 0.05) is 6.07 Å². The Labute approximate surface area is 107 Å². The first-order chi connectivity index (χ1) is 8.08. The highest BCUT2D eigenvalue weighted by atomic mass is 35.5. The van der Waals surface area contributed by atoms with E-state index in [-0.39, 0.29) is 6.10 Å². The molecule has 17 heavy (non-hydrogen) atoms. The molecule has 0 bridgehead atoms. The molecular formula is C13H16ClNO2. The van der Waals surface area contributed by atoms with E-state index >= 15 is 0 Å². The number of ether oxygens (including phenoxy) is 1. The fourth-order valence-electron chi connectivity index (χ4n) is 1.52. The molecule has 0 amide bonds. The molecule has 1 N–H and O–H groups in total. The number of rotatable bonds is 5. The zero-order valence-corrected chi connectivity index (χ0v) is 10.7. The molecule has 0 fully saturated rings. The lowest BCUT2D eigenvalue weighted by molar-refractivity contribution is 0.0430. The molecule has 3 nitrogen and oxygen atoms in total. The molecule has 0 aromatic heterocycles. The van der Waals surface area contributed by atoms with Crippen LogP contribution in [0.1, 0.15) is 32.3 Å². The SMILES string of the molecule is CCCC(Oc1ccc(C#N)c(Cl)c1)C(C)O. The molecule has 4 heteroatoms. The van der Waals surface area contributed by atoms with Crippen molar-refractivity contribution in [2.24, 2.45) is 0 Å². The van der Waals surface area contributed by atoms with Gasteiger partial charge in [-0.25, -0.2) is 0 Å². The second kappa shape index (κ2) is 6.48. The molecule has 0 aliphatic carbocycles. The van der Waals surface area contributed by atoms with Crippen LogP contribution in [-0.2, 0) is 0 Å². The molecule has 0 saturated carbocycles. The third-order valence-corrected chi connectivity index (χ3v) is 2.77. The van der Waals surface area contributed by atoms with Crippen molar-refractivity contribution in [3.05, 3.63) is 28.8 Å². The van der Waals surface area contributed by atoms with Gasteiger partial charge in [-0.1, -0.05) is 24.9 Å². The Hall–Kier alpha value is -1.24. The van der Waals surface area contributed by atoms with Crippen LogP contribution >= 0.6 is 11.6 Å². The average molecular weight is 254 g/mol. The fraction of sp³-hybridized carbons (Fsp3) is 0.462. The number of aliphatic hydroxyl groups excluding tert-OH is 1. The molecule has 0 saturated heterocycles. The summed E-state index contributed by atoms with van der Waals surface area (Å²) in [4.78, 5) is 0. The second-order valence-electron chi connectivity index (χ2n) is 3.94. The quantitative estimate of drug-likeness (QED) is 0.877. The monoisotopic (exact) mass is 253 g/mol. The Kier molecular flexibility index (Phi) is 5.27. The van der Waals surface area contributed by atoms with E-state index < -0.39 is 6.10 Å². The Morgan fingerprint density at radius 1 is 1.53 bits per heavy atom. The van der Waals surface area contributed by atoms with Gasteiger partial charge < -0.3 is 9.84 Å². The van der Waals surface area contributed by atoms with Gasteiger partial charge in [-0.2, -0.15) is 5.26 Å². The Balaban J connectivity index is 2.80. The summed E-state index contributed by atoms with van der Waals surface area (Å²) in [6.07, 6.45) is 0.919. The van der Waals surface area contributed by atoms with Crippen molar-refractivity contribution >= 4 is 11.6 Å². The highest BCUT2D eigenvalue weighted by Crippen LogP contribution is 2.24. The second-order valence-corrected chi connectivity index (χ2v) is 4.35. The van der Waals surface area contributed by atoms with Crippen LogP contribution in [0.25, 0.3) is 0 Å². The molecular weight excluding hydrogens is 238 g/mol. The van der Waals surface area contributed by atoms with Crippen molar-refractivity contribution in [2.75, 3.05) is 0 Å². The average Bonchev–Trinajstić information content (AvgIpc) is 2.28. The first kappa shape index (κ1) is 13.8. The zero-order chi connectivity index (χ0) is 12.8. The lowest BCUT2D eigenvalue weighted by atomic mass is 10.1. The van der Waals surface area contributed by atoms with Gasteiger partial charge in [-0.3, -0.25) is 0 Å². The summed E-state index contributed by atoms with van der Waals surface area (Å²) in [5.41, 5.74) is 0.420. The maximum atomic E-state index is 9.56. The van der Waals surface area contributed by atoms with Crippen LogP contribution in [0.4, 0.5) is 0 Å². The van der Waals surface area contributed by atoms with Crippen molar-refractivity contribution in [1.29, 1.82) is 5.26 Å². The number of halogens is 1. The topological polar surface area (TPSA) is 53.2 Å². The summed E-state index contributed by atoms with van der Waals surface area (Å²) in [6, 6.07) is 6.89. The molecule has 2 unspecified atom stereocenters. The van der Waals surface area contributed by atoms with Crippen LogP contribution in [0.2, 0.25) is 5.02 Å². The van der Waals surface area contributed by atoms with Crippen LogP contribution in [0, 0.1) is 11.3 Å². The fourth-order valence-corrected chi connectivity index (χ4v) is 1.73. The van der Waals surface area contributed by atoms with E-state index in [1.807, 2.05) is 13.0 Å². The van der Waals surface area contributed by atoms with Crippen LogP contribution in [-0.4, -0.2) is 17.3 Å². The molecule has 0 heterocycles. The van der Waals surface area contributed by atoms with Crippen LogP contribution in [0.3, 0.4) is 0 Å². The normalized spacial score (nSPS) is 13.8. The van der Waals surface area contributed by atoms with Gasteiger partial charge in [0.15, 0.2) is 0 Å². The number of hydrogen-bond donors (Lipinski definition) is 1. The van der Waals surface area contributed by atoms with E-state index in [9.17, 15) is 5.11 Å². The summed E-state index contributed by atoms with van der Waals surface area (Å²) in [5.74, 6) is 0.577. The standard InChI is InChI=1S/C13H16ClNO2/c1-3-4-13(9(2)16)17-11-6-5-10(8-15)12(14)7-11/h5-7,9,13,16H,3-4H2,1-2H3. The predicted octanol–water partition coefficient (Wildman–Crippen LogP) is 3.14. The lowest BCUT2D eigenvalue weighted by Crippen LogP contribution is -2.29. The minimum Gasteiger partial charge on any atom is -0.488 e. The van der Waals surface area contributed by atoms with E-state index in [0.29, 0.717) is 16.3 Å². The summed E-state index contributed by atoms with van der Waals surface area (Å²) in [6.45, 7) is 3.73. The lowest BCUT2D eigenvalue weighted by Gasteiger charge is -2.21. The third-order valence-electron chi connectivity index (χ3n) is 2.46. The molecule has 0 aliphatic rings. The molecule has 0 aliphatic heterocycles. The Morgan fingerprint density at radius 2 is 2.24 bits per heavy atom. The molecule has 0 spiro atoms. The smallest absolute Gasteiger partial charge is 0.124 e. The van der Waals surface area contributed by atoms with Crippen molar-refractivity contribution in [1.82, 2.24) is 0 Å². The Bertz CT molecular complexity index is 412. The van der Waals surface area contributed by atoms with Crippen molar-refractivity contribution in [3.63, 3.8) is 0 Å². The van der Waals surface area contributed by atoms with Crippen LogP contribution in [0.5, 0.6) is 5.75 Å². The van der Waals surface area contributed by atoms with Crippen molar-refractivity contribution < 1.29 is 9.84 Å². The van der Waals surface area contributed by atoms with Crippen molar-refractivity contribution in [3.8, 4) is 11.8 Å². The van der Waals surface area contributed by atoms with E-state index in [1.54, 1.807) is 25.1 Å². The van der Waals surface area contributed by atoms with Gasteiger partial charge in [0.1, 0.15) is 17.9 Å². The number of aliphatic hydroxyl groups is 1. The van der Waals surface area contributed by atoms with Gasteiger partial charge in [-0.05, 0) is 25.5 Å². The summed E-state index contributed by atoms with van der Waals surface area (Å²) in [5, 5.41) is 18.7. The minimum atomic E-state index is -0.538.